The molecule has 0 radical (unpaired) electrons. The van der Waals surface area contributed by atoms with Crippen LogP contribution >= 0.6 is 0 Å². The lowest BCUT2D eigenvalue weighted by Gasteiger charge is -2.30. The van der Waals surface area contributed by atoms with Crippen LogP contribution in [-0.2, 0) is 4.74 Å². The van der Waals surface area contributed by atoms with E-state index in [2.05, 4.69) is 26.1 Å². The number of ether oxygens (including phenoxy) is 1. The molecule has 1 unspecified atom stereocenters. The van der Waals surface area contributed by atoms with E-state index in [9.17, 15) is 0 Å². The number of aromatic nitrogens is 3. The Balaban J connectivity index is 1.39. The molecular weight excluding hydrogens is 240 g/mol. The Morgan fingerprint density at radius 3 is 2.68 bits per heavy atom. The van der Waals surface area contributed by atoms with E-state index >= 15 is 0 Å². The highest BCUT2D eigenvalue weighted by atomic mass is 16.5. The molecule has 19 heavy (non-hydrogen) atoms. The summed E-state index contributed by atoms with van der Waals surface area (Å²) in [4.78, 5) is 2.63. The van der Waals surface area contributed by atoms with Crippen molar-refractivity contribution in [1.29, 1.82) is 0 Å². The molecule has 5 heteroatoms. The summed E-state index contributed by atoms with van der Waals surface area (Å²) in [7, 11) is 0. The number of hydrogen-bond acceptors (Lipinski definition) is 4. The number of likely N-dealkylation sites (tertiary alicyclic amines) is 1. The Kier molecular flexibility index (Phi) is 3.04. The highest BCUT2D eigenvalue weighted by Gasteiger charge is 2.32. The van der Waals surface area contributed by atoms with Crippen molar-refractivity contribution in [3.63, 3.8) is 0 Å². The van der Waals surface area contributed by atoms with Crippen LogP contribution in [0.25, 0.3) is 0 Å². The zero-order chi connectivity index (χ0) is 12.7. The topological polar surface area (TPSA) is 43.2 Å². The SMILES string of the molecule is c1c(C2CC2)nnn1C1CCN(C2CCOCC2)C1. The van der Waals surface area contributed by atoms with Crippen LogP contribution < -0.4 is 0 Å². The molecule has 1 aromatic heterocycles. The van der Waals surface area contributed by atoms with Gasteiger partial charge in [0, 0.05) is 44.5 Å². The Labute approximate surface area is 113 Å². The Morgan fingerprint density at radius 2 is 1.89 bits per heavy atom. The molecule has 1 aliphatic carbocycles. The molecule has 3 fully saturated rings. The van der Waals surface area contributed by atoms with Crippen LogP contribution in [0.1, 0.15) is 49.8 Å². The van der Waals surface area contributed by atoms with Gasteiger partial charge in [-0.3, -0.25) is 4.90 Å². The largest absolute Gasteiger partial charge is 0.381 e. The van der Waals surface area contributed by atoms with Crippen molar-refractivity contribution < 1.29 is 4.74 Å². The molecule has 5 nitrogen and oxygen atoms in total. The highest BCUT2D eigenvalue weighted by Crippen LogP contribution is 2.39. The summed E-state index contributed by atoms with van der Waals surface area (Å²) in [5, 5.41) is 8.69. The fourth-order valence-electron chi connectivity index (χ4n) is 3.40. The molecule has 0 bridgehead atoms. The van der Waals surface area contributed by atoms with E-state index in [-0.39, 0.29) is 0 Å². The van der Waals surface area contributed by atoms with E-state index in [1.807, 2.05) is 0 Å². The summed E-state index contributed by atoms with van der Waals surface area (Å²) in [5.41, 5.74) is 1.21. The van der Waals surface area contributed by atoms with Gasteiger partial charge in [-0.15, -0.1) is 5.10 Å². The summed E-state index contributed by atoms with van der Waals surface area (Å²) >= 11 is 0. The van der Waals surface area contributed by atoms with Gasteiger partial charge < -0.3 is 4.74 Å². The first-order chi connectivity index (χ1) is 9.40. The second-order valence-electron chi connectivity index (χ2n) is 6.18. The normalized spacial score (nSPS) is 30.0. The quantitative estimate of drug-likeness (QED) is 0.829. The molecule has 3 aliphatic rings. The Bertz CT molecular complexity index is 436. The second-order valence-corrected chi connectivity index (χ2v) is 6.18. The summed E-state index contributed by atoms with van der Waals surface area (Å²) in [6, 6.07) is 1.26. The van der Waals surface area contributed by atoms with Crippen molar-refractivity contribution in [2.45, 2.75) is 50.1 Å². The fraction of sp³-hybridized carbons (Fsp3) is 0.857. The van der Waals surface area contributed by atoms with Crippen molar-refractivity contribution in [1.82, 2.24) is 19.9 Å². The van der Waals surface area contributed by atoms with Gasteiger partial charge in [0.15, 0.2) is 0 Å². The van der Waals surface area contributed by atoms with Crippen LogP contribution in [0.4, 0.5) is 0 Å². The van der Waals surface area contributed by atoms with Crippen LogP contribution in [0.5, 0.6) is 0 Å². The van der Waals surface area contributed by atoms with Crippen LogP contribution in [0.3, 0.4) is 0 Å². The average Bonchev–Trinajstić information content (AvgIpc) is 3.01. The maximum absolute atomic E-state index is 5.45. The molecule has 2 saturated heterocycles. The van der Waals surface area contributed by atoms with Crippen molar-refractivity contribution in [2.75, 3.05) is 26.3 Å². The molecular formula is C14H22N4O. The highest BCUT2D eigenvalue weighted by molar-refractivity contribution is 5.09. The first-order valence-electron chi connectivity index (χ1n) is 7.63. The van der Waals surface area contributed by atoms with Gasteiger partial charge in [-0.2, -0.15) is 0 Å². The molecule has 4 rings (SSSR count). The third-order valence-electron chi connectivity index (χ3n) is 4.80. The van der Waals surface area contributed by atoms with Crippen molar-refractivity contribution >= 4 is 0 Å². The lowest BCUT2D eigenvalue weighted by atomic mass is 10.1. The number of rotatable bonds is 3. The second kappa shape index (κ2) is 4.87. The van der Waals surface area contributed by atoms with E-state index in [0.717, 1.165) is 25.8 Å². The molecule has 1 saturated carbocycles. The monoisotopic (exact) mass is 262 g/mol. The predicted octanol–water partition coefficient (Wildman–Crippen LogP) is 1.58. The molecule has 0 aromatic carbocycles. The minimum absolute atomic E-state index is 0.530. The summed E-state index contributed by atoms with van der Waals surface area (Å²) in [5.74, 6) is 0.710. The zero-order valence-corrected chi connectivity index (χ0v) is 11.4. The molecule has 3 heterocycles. The van der Waals surface area contributed by atoms with Crippen LogP contribution in [0, 0.1) is 0 Å². The van der Waals surface area contributed by atoms with Gasteiger partial charge in [0.05, 0.1) is 11.7 Å². The standard InChI is InChI=1S/C14H22N4O/c1-2-11(1)14-10-18(16-15-14)13-3-6-17(9-13)12-4-7-19-8-5-12/h10-13H,1-9H2. The van der Waals surface area contributed by atoms with E-state index in [1.165, 1.54) is 44.3 Å². The van der Waals surface area contributed by atoms with E-state index in [1.54, 1.807) is 0 Å². The molecule has 104 valence electrons. The van der Waals surface area contributed by atoms with Gasteiger partial charge in [-0.05, 0) is 32.1 Å². The third-order valence-corrected chi connectivity index (χ3v) is 4.80. The summed E-state index contributed by atoms with van der Waals surface area (Å²) in [6.07, 6.45) is 8.39. The van der Waals surface area contributed by atoms with Gasteiger partial charge in [-0.25, -0.2) is 4.68 Å². The average molecular weight is 262 g/mol. The van der Waals surface area contributed by atoms with Crippen molar-refractivity contribution in [2.24, 2.45) is 0 Å². The van der Waals surface area contributed by atoms with Gasteiger partial charge in [0.25, 0.3) is 0 Å². The van der Waals surface area contributed by atoms with Gasteiger partial charge in [0.2, 0.25) is 0 Å². The Hall–Kier alpha value is -0.940. The maximum atomic E-state index is 5.45. The first kappa shape index (κ1) is 11.9. The van der Waals surface area contributed by atoms with Crippen molar-refractivity contribution in [3.05, 3.63) is 11.9 Å². The minimum Gasteiger partial charge on any atom is -0.381 e. The van der Waals surface area contributed by atoms with Gasteiger partial charge in [0.1, 0.15) is 0 Å². The van der Waals surface area contributed by atoms with Crippen molar-refractivity contribution in [3.8, 4) is 0 Å². The first-order valence-corrected chi connectivity index (χ1v) is 7.63. The van der Waals surface area contributed by atoms with Crippen LogP contribution in [0.2, 0.25) is 0 Å². The van der Waals surface area contributed by atoms with E-state index in [4.69, 9.17) is 4.74 Å². The molecule has 0 amide bonds. The molecule has 0 N–H and O–H groups in total. The zero-order valence-electron chi connectivity index (χ0n) is 11.4. The predicted molar refractivity (Wildman–Crippen MR) is 71.1 cm³/mol. The fourth-order valence-corrected chi connectivity index (χ4v) is 3.40. The molecule has 2 aliphatic heterocycles. The molecule has 1 atom stereocenters. The van der Waals surface area contributed by atoms with E-state index in [0.29, 0.717) is 12.0 Å². The third kappa shape index (κ3) is 2.41. The molecule has 0 spiro atoms. The smallest absolute Gasteiger partial charge is 0.0858 e. The lowest BCUT2D eigenvalue weighted by molar-refractivity contribution is 0.0411. The maximum Gasteiger partial charge on any atom is 0.0858 e. The number of nitrogens with zero attached hydrogens (tertiary/aromatic N) is 4. The lowest BCUT2D eigenvalue weighted by Crippen LogP contribution is -2.38. The number of hydrogen-bond donors (Lipinski definition) is 0. The van der Waals surface area contributed by atoms with Crippen LogP contribution in [-0.4, -0.2) is 52.2 Å². The molecule has 1 aromatic rings. The van der Waals surface area contributed by atoms with Gasteiger partial charge in [-0.1, -0.05) is 5.21 Å². The van der Waals surface area contributed by atoms with Crippen LogP contribution in [0.15, 0.2) is 6.20 Å². The van der Waals surface area contributed by atoms with E-state index < -0.39 is 0 Å². The Morgan fingerprint density at radius 1 is 1.05 bits per heavy atom. The summed E-state index contributed by atoms with van der Waals surface area (Å²) < 4.78 is 7.57. The summed E-state index contributed by atoms with van der Waals surface area (Å²) in [6.45, 7) is 4.20. The minimum atomic E-state index is 0.530. The van der Waals surface area contributed by atoms with Gasteiger partial charge >= 0.3 is 0 Å².